The molecule has 3 aliphatic rings. The SMILES string of the molecule is CO[C@H]1C[C@@H](C(=O)Nc2cnccn2)N(c2nc(Nc3cc(C4CC4)[nH]n3)nc(N3CCN(C(C)=O)CC3)n2)C1. The van der Waals surface area contributed by atoms with Crippen molar-refractivity contribution < 1.29 is 14.3 Å². The molecule has 2 atom stereocenters. The number of piperazine rings is 1. The van der Waals surface area contributed by atoms with Crippen LogP contribution in [-0.2, 0) is 14.3 Å². The van der Waals surface area contributed by atoms with Crippen LogP contribution >= 0.6 is 0 Å². The number of nitrogens with one attached hydrogen (secondary N) is 3. The van der Waals surface area contributed by atoms with Gasteiger partial charge in [-0.05, 0) is 12.8 Å². The number of carbonyl (C=O) groups is 2. The molecular formula is C25H32N12O3. The maximum absolute atomic E-state index is 13.4. The molecule has 1 aliphatic carbocycles. The van der Waals surface area contributed by atoms with Gasteiger partial charge in [-0.15, -0.1) is 0 Å². The lowest BCUT2D eigenvalue weighted by Crippen LogP contribution is -2.49. The zero-order valence-corrected chi connectivity index (χ0v) is 22.4. The predicted molar refractivity (Wildman–Crippen MR) is 145 cm³/mol. The lowest BCUT2D eigenvalue weighted by atomic mass is 10.2. The third kappa shape index (κ3) is 5.64. The highest BCUT2D eigenvalue weighted by atomic mass is 16.5. The summed E-state index contributed by atoms with van der Waals surface area (Å²) in [6.07, 6.45) is 7.13. The minimum absolute atomic E-state index is 0.0444. The van der Waals surface area contributed by atoms with Crippen LogP contribution in [0.15, 0.2) is 24.7 Å². The van der Waals surface area contributed by atoms with E-state index in [1.807, 2.05) is 15.9 Å². The molecule has 3 fully saturated rings. The summed E-state index contributed by atoms with van der Waals surface area (Å²) in [6.45, 7) is 4.29. The molecule has 3 N–H and O–H groups in total. The molecule has 3 aromatic heterocycles. The monoisotopic (exact) mass is 548 g/mol. The number of nitrogens with zero attached hydrogens (tertiary/aromatic N) is 9. The number of ether oxygens (including phenoxy) is 1. The van der Waals surface area contributed by atoms with Crippen LogP contribution in [0.4, 0.5) is 29.5 Å². The van der Waals surface area contributed by atoms with Gasteiger partial charge in [-0.25, -0.2) is 4.98 Å². The molecule has 0 aromatic carbocycles. The highest BCUT2D eigenvalue weighted by Gasteiger charge is 2.39. The number of methoxy groups -OCH3 is 1. The van der Waals surface area contributed by atoms with E-state index in [0.29, 0.717) is 74.5 Å². The van der Waals surface area contributed by atoms with Crippen LogP contribution in [-0.4, -0.2) is 104 Å². The van der Waals surface area contributed by atoms with Crippen molar-refractivity contribution in [2.24, 2.45) is 0 Å². The number of rotatable bonds is 8. The zero-order valence-electron chi connectivity index (χ0n) is 22.4. The van der Waals surface area contributed by atoms with Crippen molar-refractivity contribution in [1.29, 1.82) is 0 Å². The molecule has 15 nitrogen and oxygen atoms in total. The van der Waals surface area contributed by atoms with Gasteiger partial charge in [0.15, 0.2) is 11.6 Å². The van der Waals surface area contributed by atoms with E-state index in [9.17, 15) is 9.59 Å². The smallest absolute Gasteiger partial charge is 0.248 e. The molecule has 210 valence electrons. The average molecular weight is 549 g/mol. The van der Waals surface area contributed by atoms with E-state index in [-0.39, 0.29) is 17.9 Å². The average Bonchev–Trinajstić information content (AvgIpc) is 3.55. The summed E-state index contributed by atoms with van der Waals surface area (Å²) >= 11 is 0. The molecule has 2 aliphatic heterocycles. The number of aromatic amines is 1. The fourth-order valence-corrected chi connectivity index (χ4v) is 5.03. The summed E-state index contributed by atoms with van der Waals surface area (Å²) in [7, 11) is 1.63. The summed E-state index contributed by atoms with van der Waals surface area (Å²) < 4.78 is 5.63. The Morgan fingerprint density at radius 2 is 1.85 bits per heavy atom. The number of H-pyrrole nitrogens is 1. The molecule has 5 heterocycles. The van der Waals surface area contributed by atoms with Gasteiger partial charge in [-0.3, -0.25) is 19.7 Å². The molecule has 40 heavy (non-hydrogen) atoms. The van der Waals surface area contributed by atoms with Crippen LogP contribution in [0.5, 0.6) is 0 Å². The first kappa shape index (κ1) is 25.9. The lowest BCUT2D eigenvalue weighted by molar-refractivity contribution is -0.129. The number of carbonyl (C=O) groups excluding carboxylic acids is 2. The fourth-order valence-electron chi connectivity index (χ4n) is 5.03. The Bertz CT molecular complexity index is 1360. The number of amides is 2. The van der Waals surface area contributed by atoms with Gasteiger partial charge >= 0.3 is 0 Å². The van der Waals surface area contributed by atoms with Crippen LogP contribution < -0.4 is 20.4 Å². The third-order valence-electron chi connectivity index (χ3n) is 7.44. The predicted octanol–water partition coefficient (Wildman–Crippen LogP) is 0.907. The van der Waals surface area contributed by atoms with E-state index in [1.54, 1.807) is 25.1 Å². The van der Waals surface area contributed by atoms with Gasteiger partial charge in [-0.2, -0.15) is 20.1 Å². The van der Waals surface area contributed by atoms with Crippen LogP contribution in [0.3, 0.4) is 0 Å². The van der Waals surface area contributed by atoms with E-state index in [2.05, 4.69) is 30.8 Å². The molecule has 15 heteroatoms. The molecule has 0 bridgehead atoms. The zero-order chi connectivity index (χ0) is 27.6. The second kappa shape index (κ2) is 11.0. The number of hydrogen-bond donors (Lipinski definition) is 3. The second-order valence-electron chi connectivity index (χ2n) is 10.2. The van der Waals surface area contributed by atoms with Gasteiger partial charge in [-0.1, -0.05) is 0 Å². The number of hydrogen-bond acceptors (Lipinski definition) is 12. The van der Waals surface area contributed by atoms with Gasteiger partial charge in [0.05, 0.1) is 12.3 Å². The summed E-state index contributed by atoms with van der Waals surface area (Å²) in [6, 6.07) is 1.37. The lowest BCUT2D eigenvalue weighted by Gasteiger charge is -2.34. The summed E-state index contributed by atoms with van der Waals surface area (Å²) in [4.78, 5) is 53.3. The van der Waals surface area contributed by atoms with Crippen LogP contribution in [0.25, 0.3) is 0 Å². The van der Waals surface area contributed by atoms with Crippen LogP contribution in [0.1, 0.15) is 37.8 Å². The van der Waals surface area contributed by atoms with Crippen molar-refractivity contribution in [1.82, 2.24) is 40.0 Å². The highest BCUT2D eigenvalue weighted by molar-refractivity contribution is 5.96. The number of anilines is 5. The Balaban J connectivity index is 1.30. The van der Waals surface area contributed by atoms with Crippen LogP contribution in [0.2, 0.25) is 0 Å². The Hall–Kier alpha value is -4.40. The van der Waals surface area contributed by atoms with Crippen molar-refractivity contribution in [3.63, 3.8) is 0 Å². The molecule has 0 spiro atoms. The van der Waals surface area contributed by atoms with Crippen molar-refractivity contribution in [3.05, 3.63) is 30.4 Å². The quantitative estimate of drug-likeness (QED) is 0.364. The van der Waals surface area contributed by atoms with E-state index in [1.165, 1.54) is 12.4 Å². The molecule has 2 amide bonds. The summed E-state index contributed by atoms with van der Waals surface area (Å²) in [5.74, 6) is 2.41. The molecular weight excluding hydrogens is 516 g/mol. The Kier molecular flexibility index (Phi) is 7.11. The summed E-state index contributed by atoms with van der Waals surface area (Å²) in [5.41, 5.74) is 1.08. The first-order valence-electron chi connectivity index (χ1n) is 13.4. The fraction of sp³-hybridized carbons (Fsp3) is 0.520. The van der Waals surface area contributed by atoms with Crippen LogP contribution in [0, 0.1) is 0 Å². The largest absolute Gasteiger partial charge is 0.380 e. The molecule has 1 saturated carbocycles. The molecule has 2 saturated heterocycles. The van der Waals surface area contributed by atoms with Gasteiger partial charge in [0.25, 0.3) is 0 Å². The van der Waals surface area contributed by atoms with Crippen molar-refractivity contribution >= 4 is 41.3 Å². The first-order valence-corrected chi connectivity index (χ1v) is 13.4. The van der Waals surface area contributed by atoms with Crippen molar-refractivity contribution in [3.8, 4) is 0 Å². The van der Waals surface area contributed by atoms with Gasteiger partial charge in [0, 0.05) is 83.3 Å². The van der Waals surface area contributed by atoms with E-state index in [0.717, 1.165) is 18.5 Å². The molecule has 6 rings (SSSR count). The molecule has 0 radical (unpaired) electrons. The highest BCUT2D eigenvalue weighted by Crippen LogP contribution is 2.39. The minimum Gasteiger partial charge on any atom is -0.380 e. The molecule has 3 aromatic rings. The minimum atomic E-state index is -0.600. The summed E-state index contributed by atoms with van der Waals surface area (Å²) in [5, 5.41) is 13.5. The third-order valence-corrected chi connectivity index (χ3v) is 7.44. The van der Waals surface area contributed by atoms with Gasteiger partial charge in [0.1, 0.15) is 6.04 Å². The van der Waals surface area contributed by atoms with Gasteiger partial charge in [0.2, 0.25) is 29.7 Å². The topological polar surface area (TPSA) is 170 Å². The van der Waals surface area contributed by atoms with Gasteiger partial charge < -0.3 is 30.1 Å². The second-order valence-corrected chi connectivity index (χ2v) is 10.2. The first-order chi connectivity index (χ1) is 19.5. The van der Waals surface area contributed by atoms with Crippen molar-refractivity contribution in [2.75, 3.05) is 60.3 Å². The van der Waals surface area contributed by atoms with E-state index in [4.69, 9.17) is 19.7 Å². The van der Waals surface area contributed by atoms with E-state index >= 15 is 0 Å². The maximum atomic E-state index is 13.4. The normalized spacial score (nSPS) is 21.0. The Morgan fingerprint density at radius 1 is 1.05 bits per heavy atom. The number of aromatic nitrogens is 7. The Labute approximate surface area is 230 Å². The standard InChI is InChI=1S/C25H32N12O3/c1-15(38)35-7-9-36(10-8-35)24-30-23(29-20-12-18(33-34-20)16-3-4-16)31-25(32-24)37-14-17(40-2)11-19(37)22(39)28-21-13-26-5-6-27-21/h5-6,12-13,16-17,19H,3-4,7-11,14H2,1-2H3,(H,27,28,39)(H2,29,30,31,32,33,34)/t17-,19-/m0/s1. The Morgan fingerprint density at radius 3 is 2.55 bits per heavy atom. The molecule has 0 unspecified atom stereocenters. The van der Waals surface area contributed by atoms with E-state index < -0.39 is 6.04 Å². The maximum Gasteiger partial charge on any atom is 0.248 e. The van der Waals surface area contributed by atoms with Crippen molar-refractivity contribution in [2.45, 2.75) is 44.2 Å².